The van der Waals surface area contributed by atoms with Crippen molar-refractivity contribution < 1.29 is 9.59 Å². The van der Waals surface area contributed by atoms with Gasteiger partial charge < -0.3 is 10.6 Å². The molecule has 0 bridgehead atoms. The molecule has 0 saturated heterocycles. The average Bonchev–Trinajstić information content (AvgIpc) is 2.67. The van der Waals surface area contributed by atoms with Crippen molar-refractivity contribution in [1.82, 2.24) is 5.32 Å². The highest BCUT2D eigenvalue weighted by Gasteiger charge is 2.24. The minimum atomic E-state index is -0.894. The van der Waals surface area contributed by atoms with E-state index in [-0.39, 0.29) is 5.91 Å². The van der Waals surface area contributed by atoms with Crippen LogP contribution in [0.4, 0.5) is 5.69 Å². The molecule has 3 aromatic carbocycles. The van der Waals surface area contributed by atoms with Gasteiger partial charge in [-0.2, -0.15) is 0 Å². The van der Waals surface area contributed by atoms with Crippen molar-refractivity contribution in [3.05, 3.63) is 100 Å². The molecule has 0 radical (unpaired) electrons. The summed E-state index contributed by atoms with van der Waals surface area (Å²) in [5.74, 6) is -0.820. The lowest BCUT2D eigenvalue weighted by molar-refractivity contribution is -0.118. The van der Waals surface area contributed by atoms with Gasteiger partial charge in [-0.3, -0.25) is 9.59 Å². The van der Waals surface area contributed by atoms with E-state index in [4.69, 9.17) is 23.2 Å². The molecule has 3 aromatic rings. The molecule has 136 valence electrons. The topological polar surface area (TPSA) is 58.2 Å². The first-order chi connectivity index (χ1) is 13.0. The van der Waals surface area contributed by atoms with Crippen LogP contribution in [0, 0.1) is 0 Å². The van der Waals surface area contributed by atoms with Crippen molar-refractivity contribution in [3.8, 4) is 0 Å². The molecular weight excluding hydrogens is 383 g/mol. The van der Waals surface area contributed by atoms with Crippen LogP contribution in [0.3, 0.4) is 0 Å². The smallest absolute Gasteiger partial charge is 0.253 e. The van der Waals surface area contributed by atoms with Crippen LogP contribution in [0.25, 0.3) is 0 Å². The summed E-state index contributed by atoms with van der Waals surface area (Å²) in [6.07, 6.45) is 0. The van der Waals surface area contributed by atoms with Gasteiger partial charge in [0, 0.05) is 10.7 Å². The average molecular weight is 399 g/mol. The van der Waals surface area contributed by atoms with E-state index in [1.54, 1.807) is 72.8 Å². The number of nitrogens with one attached hydrogen (secondary N) is 2. The second kappa shape index (κ2) is 8.71. The molecule has 0 aromatic heterocycles. The number of hydrogen-bond acceptors (Lipinski definition) is 2. The first-order valence-electron chi connectivity index (χ1n) is 8.21. The van der Waals surface area contributed by atoms with Gasteiger partial charge in [-0.1, -0.05) is 71.7 Å². The van der Waals surface area contributed by atoms with Gasteiger partial charge in [0.25, 0.3) is 11.8 Å². The van der Waals surface area contributed by atoms with Crippen molar-refractivity contribution >= 4 is 40.7 Å². The highest BCUT2D eigenvalue weighted by molar-refractivity contribution is 6.34. The van der Waals surface area contributed by atoms with Crippen molar-refractivity contribution in [2.75, 3.05) is 5.32 Å². The van der Waals surface area contributed by atoms with Gasteiger partial charge in [0.15, 0.2) is 0 Å². The number of rotatable bonds is 5. The second-order valence-electron chi connectivity index (χ2n) is 5.80. The van der Waals surface area contributed by atoms with Crippen LogP contribution in [0.2, 0.25) is 10.0 Å². The van der Waals surface area contributed by atoms with Crippen LogP contribution in [0.15, 0.2) is 78.9 Å². The molecule has 0 unspecified atom stereocenters. The lowest BCUT2D eigenvalue weighted by atomic mass is 10.1. The number of halogens is 2. The number of carbonyl (C=O) groups excluding carboxylic acids is 2. The summed E-state index contributed by atoms with van der Waals surface area (Å²) in [6, 6.07) is 21.6. The van der Waals surface area contributed by atoms with Crippen molar-refractivity contribution in [3.63, 3.8) is 0 Å². The zero-order valence-corrected chi connectivity index (χ0v) is 15.7. The molecule has 4 nitrogen and oxygen atoms in total. The summed E-state index contributed by atoms with van der Waals surface area (Å²) in [6.45, 7) is 0. The minimum Gasteiger partial charge on any atom is -0.336 e. The van der Waals surface area contributed by atoms with Gasteiger partial charge in [0.1, 0.15) is 6.04 Å². The molecule has 0 aliphatic carbocycles. The van der Waals surface area contributed by atoms with Crippen molar-refractivity contribution in [2.45, 2.75) is 6.04 Å². The Morgan fingerprint density at radius 1 is 0.815 bits per heavy atom. The molecule has 0 aliphatic heterocycles. The Morgan fingerprint density at radius 3 is 2.22 bits per heavy atom. The molecule has 6 heteroatoms. The Hall–Kier alpha value is -2.82. The van der Waals surface area contributed by atoms with E-state index in [0.717, 1.165) is 0 Å². The van der Waals surface area contributed by atoms with E-state index >= 15 is 0 Å². The van der Waals surface area contributed by atoms with Crippen molar-refractivity contribution in [2.24, 2.45) is 0 Å². The predicted molar refractivity (Wildman–Crippen MR) is 108 cm³/mol. The van der Waals surface area contributed by atoms with E-state index in [0.29, 0.717) is 26.9 Å². The quantitative estimate of drug-likeness (QED) is 0.627. The van der Waals surface area contributed by atoms with Gasteiger partial charge in [-0.05, 0) is 35.9 Å². The number of benzene rings is 3. The van der Waals surface area contributed by atoms with Crippen molar-refractivity contribution in [1.29, 1.82) is 0 Å². The third-order valence-electron chi connectivity index (χ3n) is 3.88. The summed E-state index contributed by atoms with van der Waals surface area (Å²) >= 11 is 12.1. The van der Waals surface area contributed by atoms with Crippen LogP contribution >= 0.6 is 23.2 Å². The van der Waals surface area contributed by atoms with Crippen LogP contribution in [0.1, 0.15) is 22.0 Å². The van der Waals surface area contributed by atoms with Gasteiger partial charge in [0.2, 0.25) is 0 Å². The van der Waals surface area contributed by atoms with E-state index in [1.165, 1.54) is 0 Å². The fourth-order valence-electron chi connectivity index (χ4n) is 2.58. The molecule has 0 aliphatic rings. The Kier molecular flexibility index (Phi) is 6.12. The summed E-state index contributed by atoms with van der Waals surface area (Å²) < 4.78 is 0. The Bertz CT molecular complexity index is 961. The van der Waals surface area contributed by atoms with Gasteiger partial charge in [-0.15, -0.1) is 0 Å². The Morgan fingerprint density at radius 2 is 1.52 bits per heavy atom. The zero-order valence-electron chi connectivity index (χ0n) is 14.2. The first kappa shape index (κ1) is 19.0. The lowest BCUT2D eigenvalue weighted by Crippen LogP contribution is -2.37. The Balaban J connectivity index is 1.86. The number of amides is 2. The highest BCUT2D eigenvalue weighted by Crippen LogP contribution is 2.21. The fraction of sp³-hybridized carbons (Fsp3) is 0.0476. The van der Waals surface area contributed by atoms with E-state index < -0.39 is 11.9 Å². The van der Waals surface area contributed by atoms with E-state index in [2.05, 4.69) is 10.6 Å². The third kappa shape index (κ3) is 4.88. The maximum atomic E-state index is 12.9. The Labute approximate surface area is 167 Å². The minimum absolute atomic E-state index is 0.302. The monoisotopic (exact) mass is 398 g/mol. The van der Waals surface area contributed by atoms with Crippen LogP contribution in [0.5, 0.6) is 0 Å². The normalized spacial score (nSPS) is 11.5. The third-order valence-corrected chi connectivity index (χ3v) is 4.45. The molecule has 2 N–H and O–H groups in total. The van der Waals surface area contributed by atoms with Crippen LogP contribution < -0.4 is 10.6 Å². The molecule has 0 spiro atoms. The number of anilines is 1. The maximum Gasteiger partial charge on any atom is 0.253 e. The second-order valence-corrected chi connectivity index (χ2v) is 6.64. The maximum absolute atomic E-state index is 12.9. The molecule has 0 fully saturated rings. The fourth-order valence-corrected chi connectivity index (χ4v) is 2.99. The molecule has 27 heavy (non-hydrogen) atoms. The molecular formula is C21H16Cl2N2O2. The summed E-state index contributed by atoms with van der Waals surface area (Å²) in [7, 11) is 0. The molecule has 0 heterocycles. The SMILES string of the molecule is O=C(N[C@@H](C(=O)Nc1cccc(Cl)c1)c1ccccc1)c1ccccc1Cl. The summed E-state index contributed by atoms with van der Waals surface area (Å²) in [5, 5.41) is 6.36. The van der Waals surface area contributed by atoms with Crippen LogP contribution in [-0.4, -0.2) is 11.8 Å². The molecule has 0 saturated carbocycles. The molecule has 1 atom stereocenters. The van der Waals surface area contributed by atoms with Gasteiger partial charge in [-0.25, -0.2) is 0 Å². The van der Waals surface area contributed by atoms with Gasteiger partial charge >= 0.3 is 0 Å². The summed E-state index contributed by atoms with van der Waals surface area (Å²) in [4.78, 5) is 25.5. The first-order valence-corrected chi connectivity index (χ1v) is 8.97. The summed E-state index contributed by atoms with van der Waals surface area (Å²) in [5.41, 5.74) is 1.49. The highest BCUT2D eigenvalue weighted by atomic mass is 35.5. The number of carbonyl (C=O) groups is 2. The number of hydrogen-bond donors (Lipinski definition) is 2. The lowest BCUT2D eigenvalue weighted by Gasteiger charge is -2.19. The standard InChI is InChI=1S/C21H16Cl2N2O2/c22-15-9-6-10-16(13-15)24-21(27)19(14-7-2-1-3-8-14)25-20(26)17-11-4-5-12-18(17)23/h1-13,19H,(H,24,27)(H,25,26)/t19-/m1/s1. The van der Waals surface area contributed by atoms with E-state index in [1.807, 2.05) is 6.07 Å². The largest absolute Gasteiger partial charge is 0.336 e. The van der Waals surface area contributed by atoms with Crippen LogP contribution in [-0.2, 0) is 4.79 Å². The predicted octanol–water partition coefficient (Wildman–Crippen LogP) is 5.10. The zero-order chi connectivity index (χ0) is 19.2. The molecule has 3 rings (SSSR count). The van der Waals surface area contributed by atoms with E-state index in [9.17, 15) is 9.59 Å². The molecule has 2 amide bonds. The van der Waals surface area contributed by atoms with Gasteiger partial charge in [0.05, 0.1) is 10.6 Å².